The monoisotopic (exact) mass is 317 g/mol. The zero-order chi connectivity index (χ0) is 17.0. The lowest BCUT2D eigenvalue weighted by molar-refractivity contribution is -0.222. The Morgan fingerprint density at radius 2 is 1.70 bits per heavy atom. The van der Waals surface area contributed by atoms with Crippen LogP contribution in [0.25, 0.3) is 6.08 Å². The Morgan fingerprint density at radius 3 is 2.26 bits per heavy atom. The van der Waals surface area contributed by atoms with Crippen LogP contribution in [-0.2, 0) is 25.6 Å². The van der Waals surface area contributed by atoms with Crippen LogP contribution in [0.2, 0.25) is 0 Å². The van der Waals surface area contributed by atoms with E-state index in [0.717, 1.165) is 30.8 Å². The first kappa shape index (κ1) is 17.2. The molecule has 0 aromatic heterocycles. The van der Waals surface area contributed by atoms with Crippen LogP contribution in [0.1, 0.15) is 38.8 Å². The first-order valence-corrected chi connectivity index (χ1v) is 7.84. The number of hydrogen-bond acceptors (Lipinski definition) is 5. The van der Waals surface area contributed by atoms with Crippen LogP contribution >= 0.6 is 0 Å². The molecule has 1 saturated heterocycles. The molecule has 0 radical (unpaired) electrons. The summed E-state index contributed by atoms with van der Waals surface area (Å²) in [5.41, 5.74) is 1.82. The molecule has 23 heavy (non-hydrogen) atoms. The number of ether oxygens (including phenoxy) is 2. The first-order valence-electron chi connectivity index (χ1n) is 7.84. The summed E-state index contributed by atoms with van der Waals surface area (Å²) in [6.45, 7) is 10.1. The third-order valence-electron chi connectivity index (χ3n) is 3.68. The molecule has 0 spiro atoms. The van der Waals surface area contributed by atoms with Crippen LogP contribution in [0.5, 0.6) is 0 Å². The van der Waals surface area contributed by atoms with Gasteiger partial charge in [-0.25, -0.2) is 9.59 Å². The third kappa shape index (κ3) is 4.42. The van der Waals surface area contributed by atoms with Gasteiger partial charge in [-0.3, -0.25) is 4.90 Å². The second kappa shape index (κ2) is 6.96. The molecule has 1 aliphatic rings. The van der Waals surface area contributed by atoms with Gasteiger partial charge in [0.05, 0.1) is 0 Å². The van der Waals surface area contributed by atoms with Crippen molar-refractivity contribution in [2.45, 2.75) is 40.0 Å². The van der Waals surface area contributed by atoms with Gasteiger partial charge in [0.15, 0.2) is 0 Å². The highest BCUT2D eigenvalue weighted by Gasteiger charge is 2.38. The fraction of sp³-hybridized carbons (Fsp3) is 0.444. The molecule has 1 aromatic rings. The van der Waals surface area contributed by atoms with E-state index in [4.69, 9.17) is 9.47 Å². The summed E-state index contributed by atoms with van der Waals surface area (Å²) in [6.07, 6.45) is 1.52. The van der Waals surface area contributed by atoms with E-state index in [-0.39, 0.29) is 5.57 Å². The second-order valence-electron chi connectivity index (χ2n) is 5.94. The van der Waals surface area contributed by atoms with Gasteiger partial charge in [-0.15, -0.1) is 0 Å². The second-order valence-corrected chi connectivity index (χ2v) is 5.94. The highest BCUT2D eigenvalue weighted by atomic mass is 16.7. The van der Waals surface area contributed by atoms with Gasteiger partial charge < -0.3 is 9.47 Å². The van der Waals surface area contributed by atoms with Gasteiger partial charge in [0, 0.05) is 20.4 Å². The molecule has 0 aliphatic carbocycles. The fourth-order valence-electron chi connectivity index (χ4n) is 2.43. The highest BCUT2D eigenvalue weighted by molar-refractivity contribution is 6.18. The SMILES string of the molecule is CCN(CC)Cc1cccc(C=C2C(=O)OC(C)(C)OC2=O)c1. The molecule has 0 amide bonds. The van der Waals surface area contributed by atoms with Crippen LogP contribution in [0.4, 0.5) is 0 Å². The maximum atomic E-state index is 12.0. The van der Waals surface area contributed by atoms with E-state index in [9.17, 15) is 9.59 Å². The Kier molecular flexibility index (Phi) is 5.21. The molecule has 1 aromatic carbocycles. The summed E-state index contributed by atoms with van der Waals surface area (Å²) in [5.74, 6) is -2.52. The molecular weight excluding hydrogens is 294 g/mol. The van der Waals surface area contributed by atoms with Gasteiger partial charge >= 0.3 is 11.9 Å². The molecule has 1 fully saturated rings. The number of rotatable bonds is 5. The van der Waals surface area contributed by atoms with Crippen LogP contribution < -0.4 is 0 Å². The van der Waals surface area contributed by atoms with Gasteiger partial charge in [-0.1, -0.05) is 38.1 Å². The Labute approximate surface area is 136 Å². The summed E-state index contributed by atoms with van der Waals surface area (Å²) in [7, 11) is 0. The molecular formula is C18H23NO4. The maximum absolute atomic E-state index is 12.0. The molecule has 0 N–H and O–H groups in total. The topological polar surface area (TPSA) is 55.8 Å². The van der Waals surface area contributed by atoms with Gasteiger partial charge in [0.25, 0.3) is 5.79 Å². The summed E-state index contributed by atoms with van der Waals surface area (Å²) in [6, 6.07) is 7.75. The van der Waals surface area contributed by atoms with Crippen molar-refractivity contribution in [1.29, 1.82) is 0 Å². The summed E-state index contributed by atoms with van der Waals surface area (Å²) < 4.78 is 10.2. The van der Waals surface area contributed by atoms with E-state index in [0.29, 0.717) is 0 Å². The number of cyclic esters (lactones) is 2. The highest BCUT2D eigenvalue weighted by Crippen LogP contribution is 2.24. The predicted octanol–water partition coefficient (Wildman–Crippen LogP) is 2.75. The van der Waals surface area contributed by atoms with Crippen molar-refractivity contribution in [2.24, 2.45) is 0 Å². The molecule has 1 heterocycles. The normalized spacial score (nSPS) is 17.0. The fourth-order valence-corrected chi connectivity index (χ4v) is 2.43. The van der Waals surface area contributed by atoms with Crippen molar-refractivity contribution < 1.29 is 19.1 Å². The molecule has 1 aliphatic heterocycles. The molecule has 0 atom stereocenters. The number of esters is 2. The molecule has 0 bridgehead atoms. The molecule has 2 rings (SSSR count). The average Bonchev–Trinajstić information content (AvgIpc) is 2.48. The lowest BCUT2D eigenvalue weighted by Gasteiger charge is -2.29. The largest absolute Gasteiger partial charge is 0.419 e. The number of carbonyl (C=O) groups excluding carboxylic acids is 2. The Morgan fingerprint density at radius 1 is 1.09 bits per heavy atom. The molecule has 5 heteroatoms. The van der Waals surface area contributed by atoms with E-state index < -0.39 is 17.7 Å². The first-order chi connectivity index (χ1) is 10.8. The van der Waals surface area contributed by atoms with E-state index in [1.54, 1.807) is 0 Å². The number of nitrogens with zero attached hydrogens (tertiary/aromatic N) is 1. The number of benzene rings is 1. The van der Waals surface area contributed by atoms with Crippen molar-refractivity contribution >= 4 is 18.0 Å². The average molecular weight is 317 g/mol. The van der Waals surface area contributed by atoms with E-state index in [2.05, 4.69) is 18.7 Å². The van der Waals surface area contributed by atoms with E-state index >= 15 is 0 Å². The lowest BCUT2D eigenvalue weighted by Crippen LogP contribution is -2.41. The van der Waals surface area contributed by atoms with Crippen molar-refractivity contribution in [3.8, 4) is 0 Å². The number of hydrogen-bond donors (Lipinski definition) is 0. The van der Waals surface area contributed by atoms with Crippen molar-refractivity contribution in [3.63, 3.8) is 0 Å². The van der Waals surface area contributed by atoms with Crippen LogP contribution in [0.3, 0.4) is 0 Å². The minimum atomic E-state index is -1.21. The Hall–Kier alpha value is -2.14. The Balaban J connectivity index is 2.22. The van der Waals surface area contributed by atoms with E-state index in [1.807, 2.05) is 24.3 Å². The predicted molar refractivity (Wildman–Crippen MR) is 87.3 cm³/mol. The molecule has 5 nitrogen and oxygen atoms in total. The van der Waals surface area contributed by atoms with E-state index in [1.165, 1.54) is 19.9 Å². The van der Waals surface area contributed by atoms with Gasteiger partial charge in [0.2, 0.25) is 0 Å². The molecule has 0 unspecified atom stereocenters. The Bertz CT molecular complexity index is 608. The smallest absolute Gasteiger partial charge is 0.348 e. The maximum Gasteiger partial charge on any atom is 0.348 e. The molecule has 0 saturated carbocycles. The summed E-state index contributed by atoms with van der Waals surface area (Å²) in [5, 5.41) is 0. The van der Waals surface area contributed by atoms with Crippen molar-refractivity contribution in [3.05, 3.63) is 41.0 Å². The standard InChI is InChI=1S/C18H23NO4/c1-5-19(6-2)12-14-9-7-8-13(10-14)11-15-16(20)22-18(3,4)23-17(15)21/h7-11H,5-6,12H2,1-4H3. The zero-order valence-electron chi connectivity index (χ0n) is 14.1. The molecule has 124 valence electrons. The van der Waals surface area contributed by atoms with Crippen molar-refractivity contribution in [1.82, 2.24) is 4.90 Å². The van der Waals surface area contributed by atoms with Crippen molar-refractivity contribution in [2.75, 3.05) is 13.1 Å². The summed E-state index contributed by atoms with van der Waals surface area (Å²) >= 11 is 0. The van der Waals surface area contributed by atoms with Crippen LogP contribution in [-0.4, -0.2) is 35.7 Å². The third-order valence-corrected chi connectivity index (χ3v) is 3.68. The van der Waals surface area contributed by atoms with Gasteiger partial charge in [-0.2, -0.15) is 0 Å². The van der Waals surface area contributed by atoms with Gasteiger partial charge in [-0.05, 0) is 30.3 Å². The van der Waals surface area contributed by atoms with Crippen LogP contribution in [0.15, 0.2) is 29.8 Å². The lowest BCUT2D eigenvalue weighted by atomic mass is 10.1. The quantitative estimate of drug-likeness (QED) is 0.475. The summed E-state index contributed by atoms with van der Waals surface area (Å²) in [4.78, 5) is 26.3. The minimum Gasteiger partial charge on any atom is -0.419 e. The van der Waals surface area contributed by atoms with Gasteiger partial charge in [0.1, 0.15) is 5.57 Å². The number of carbonyl (C=O) groups is 2. The van der Waals surface area contributed by atoms with Crippen LogP contribution in [0, 0.1) is 0 Å². The minimum absolute atomic E-state index is 0.0793. The zero-order valence-corrected chi connectivity index (χ0v) is 14.1.